The van der Waals surface area contributed by atoms with Gasteiger partial charge in [0.05, 0.1) is 30.7 Å². The first-order chi connectivity index (χ1) is 17.3. The number of rotatable bonds is 11. The fourth-order valence-electron chi connectivity index (χ4n) is 3.48. The van der Waals surface area contributed by atoms with Crippen molar-refractivity contribution >= 4 is 5.69 Å². The zero-order valence-electron chi connectivity index (χ0n) is 21.2. The van der Waals surface area contributed by atoms with Crippen molar-refractivity contribution in [2.45, 2.75) is 26.8 Å². The number of hydrogen-bond donors (Lipinski definition) is 0. The summed E-state index contributed by atoms with van der Waals surface area (Å²) in [6.07, 6.45) is 7.87. The van der Waals surface area contributed by atoms with Crippen LogP contribution in [0.3, 0.4) is 0 Å². The first kappa shape index (κ1) is 26.7. The second-order valence-corrected chi connectivity index (χ2v) is 8.39. The molecule has 0 N–H and O–H groups in total. The van der Waals surface area contributed by atoms with Gasteiger partial charge in [-0.05, 0) is 43.7 Å². The molecule has 3 rings (SSSR count). The van der Waals surface area contributed by atoms with E-state index < -0.39 is 11.7 Å². The smallest absolute Gasteiger partial charge is 0.163 e. The van der Waals surface area contributed by atoms with Crippen LogP contribution in [0.1, 0.15) is 26.0 Å². The summed E-state index contributed by atoms with van der Waals surface area (Å²) in [4.78, 5) is 6.42. The van der Waals surface area contributed by atoms with Crippen molar-refractivity contribution < 1.29 is 18.0 Å². The minimum atomic E-state index is -1.11. The summed E-state index contributed by atoms with van der Waals surface area (Å²) < 4.78 is 40.5. The molecule has 190 valence electrons. The molecular formula is C28H32F2N4O2. The van der Waals surface area contributed by atoms with Gasteiger partial charge in [-0.3, -0.25) is 4.99 Å². The number of ether oxygens (including phenoxy) is 1. The van der Waals surface area contributed by atoms with Crippen molar-refractivity contribution in [3.8, 4) is 17.0 Å². The van der Waals surface area contributed by atoms with Crippen LogP contribution in [-0.2, 0) is 6.54 Å². The molecule has 8 heteroatoms. The Morgan fingerprint density at radius 3 is 2.61 bits per heavy atom. The quantitative estimate of drug-likeness (QED) is 0.297. The van der Waals surface area contributed by atoms with Crippen LogP contribution in [0, 0.1) is 0 Å². The van der Waals surface area contributed by atoms with Crippen LogP contribution in [0.5, 0.6) is 5.75 Å². The van der Waals surface area contributed by atoms with Gasteiger partial charge in [0, 0.05) is 43.7 Å². The highest BCUT2D eigenvalue weighted by atomic mass is 19.2. The number of hydrogen-bond acceptors (Lipinski definition) is 5. The summed E-state index contributed by atoms with van der Waals surface area (Å²) >= 11 is 0. The zero-order chi connectivity index (χ0) is 26.1. The van der Waals surface area contributed by atoms with E-state index in [0.29, 0.717) is 24.3 Å². The number of benzene rings is 1. The Labute approximate surface area is 210 Å². The van der Waals surface area contributed by atoms with Crippen LogP contribution >= 0.6 is 0 Å². The van der Waals surface area contributed by atoms with E-state index in [2.05, 4.69) is 23.7 Å². The zero-order valence-corrected chi connectivity index (χ0v) is 21.2. The summed E-state index contributed by atoms with van der Waals surface area (Å²) in [5, 5.41) is 4.86. The lowest BCUT2D eigenvalue weighted by Gasteiger charge is -2.15. The molecule has 2 heterocycles. The summed E-state index contributed by atoms with van der Waals surface area (Å²) in [5.74, 6) is -0.576. The van der Waals surface area contributed by atoms with E-state index in [9.17, 15) is 8.78 Å². The highest BCUT2D eigenvalue weighted by molar-refractivity contribution is 5.59. The molecule has 0 aliphatic heterocycles. The Morgan fingerprint density at radius 1 is 1.22 bits per heavy atom. The van der Waals surface area contributed by atoms with Gasteiger partial charge in [0.25, 0.3) is 0 Å². The fourth-order valence-corrected chi connectivity index (χ4v) is 3.48. The molecule has 0 amide bonds. The average molecular weight is 495 g/mol. The summed E-state index contributed by atoms with van der Waals surface area (Å²) in [5.41, 5.74) is 2.63. The fraction of sp³-hybridized carbons (Fsp3) is 0.286. The lowest BCUT2D eigenvalue weighted by Crippen LogP contribution is -2.21. The van der Waals surface area contributed by atoms with E-state index in [4.69, 9.17) is 9.26 Å². The third-order valence-electron chi connectivity index (χ3n) is 5.28. The number of anilines is 1. The predicted molar refractivity (Wildman–Crippen MR) is 139 cm³/mol. The van der Waals surface area contributed by atoms with E-state index in [1.54, 1.807) is 13.0 Å². The summed E-state index contributed by atoms with van der Waals surface area (Å²) in [7, 11) is 3.79. The minimum absolute atomic E-state index is 0.0162. The lowest BCUT2D eigenvalue weighted by molar-refractivity contribution is 0.317. The Bertz CT molecular complexity index is 1300. The number of pyridine rings is 1. The molecule has 0 bridgehead atoms. The maximum absolute atomic E-state index is 14.1. The van der Waals surface area contributed by atoms with Crippen LogP contribution in [0.4, 0.5) is 14.5 Å². The molecule has 0 fully saturated rings. The van der Waals surface area contributed by atoms with Gasteiger partial charge >= 0.3 is 0 Å². The highest BCUT2D eigenvalue weighted by Gasteiger charge is 2.10. The van der Waals surface area contributed by atoms with Crippen molar-refractivity contribution in [1.29, 1.82) is 0 Å². The van der Waals surface area contributed by atoms with Crippen LogP contribution in [0.25, 0.3) is 11.3 Å². The topological polar surface area (TPSA) is 55.8 Å². The lowest BCUT2D eigenvalue weighted by atomic mass is 10.1. The Morgan fingerprint density at radius 2 is 1.97 bits per heavy atom. The van der Waals surface area contributed by atoms with Crippen LogP contribution < -0.4 is 15.0 Å². The van der Waals surface area contributed by atoms with E-state index in [-0.39, 0.29) is 12.1 Å². The van der Waals surface area contributed by atoms with Crippen molar-refractivity contribution in [3.05, 3.63) is 95.9 Å². The molecule has 36 heavy (non-hydrogen) atoms. The average Bonchev–Trinajstić information content (AvgIpc) is 3.33. The molecule has 2 aromatic heterocycles. The number of allylic oxidation sites excluding steroid dienone is 3. The summed E-state index contributed by atoms with van der Waals surface area (Å²) in [6.45, 7) is 7.97. The monoisotopic (exact) mass is 494 g/mol. The summed E-state index contributed by atoms with van der Waals surface area (Å²) in [6, 6.07) is 11.5. The van der Waals surface area contributed by atoms with Gasteiger partial charge in [0.2, 0.25) is 0 Å². The van der Waals surface area contributed by atoms with Gasteiger partial charge in [-0.2, -0.15) is 0 Å². The largest absolute Gasteiger partial charge is 0.494 e. The van der Waals surface area contributed by atoms with Gasteiger partial charge in [-0.25, -0.2) is 8.78 Å². The van der Waals surface area contributed by atoms with Crippen LogP contribution in [0.15, 0.2) is 94.3 Å². The molecule has 0 saturated heterocycles. The second kappa shape index (κ2) is 12.7. The molecular weight excluding hydrogens is 462 g/mol. The number of halogens is 2. The maximum Gasteiger partial charge on any atom is 0.163 e. The molecule has 0 aliphatic carbocycles. The molecule has 0 aliphatic rings. The van der Waals surface area contributed by atoms with Gasteiger partial charge in [-0.1, -0.05) is 30.8 Å². The van der Waals surface area contributed by atoms with E-state index in [1.165, 1.54) is 6.08 Å². The molecule has 0 radical (unpaired) electrons. The maximum atomic E-state index is 14.1. The molecule has 0 atom stereocenters. The molecule has 0 saturated carbocycles. The standard InChI is InChI=1S/C28H32F2N4O2/c1-6-8-22(28(30)20(3)29)17-31-25-13-14-34(19-27(25)33(4)5)18-24-16-26(32-36-24)21-9-11-23(12-10-21)35-15-7-2/h6,8-14,16,19H,3,7,15,17-18H2,1-2,4-5H3/b8-6-,28-22-,31-25?. The molecule has 0 unspecified atom stereocenters. The van der Waals surface area contributed by atoms with Crippen molar-refractivity contribution in [3.63, 3.8) is 0 Å². The third kappa shape index (κ3) is 7.04. The van der Waals surface area contributed by atoms with Crippen molar-refractivity contribution in [2.24, 2.45) is 4.99 Å². The Balaban J connectivity index is 1.80. The van der Waals surface area contributed by atoms with Gasteiger partial charge < -0.3 is 18.7 Å². The molecule has 3 aromatic rings. The number of nitrogens with zero attached hydrogens (tertiary/aromatic N) is 4. The van der Waals surface area contributed by atoms with Crippen LogP contribution in [0.2, 0.25) is 0 Å². The second-order valence-electron chi connectivity index (χ2n) is 8.39. The van der Waals surface area contributed by atoms with Gasteiger partial charge in [0.15, 0.2) is 17.4 Å². The van der Waals surface area contributed by atoms with Crippen LogP contribution in [-0.4, -0.2) is 37.0 Å². The Kier molecular flexibility index (Phi) is 9.39. The molecule has 1 aromatic carbocycles. The van der Waals surface area contributed by atoms with E-state index in [0.717, 1.165) is 29.1 Å². The third-order valence-corrected chi connectivity index (χ3v) is 5.28. The predicted octanol–water partition coefficient (Wildman–Crippen LogP) is 6.23. The highest BCUT2D eigenvalue weighted by Crippen LogP contribution is 2.23. The van der Waals surface area contributed by atoms with E-state index >= 15 is 0 Å². The van der Waals surface area contributed by atoms with E-state index in [1.807, 2.05) is 72.4 Å². The normalized spacial score (nSPS) is 12.7. The molecule has 6 nitrogen and oxygen atoms in total. The first-order valence-corrected chi connectivity index (χ1v) is 11.7. The Hall–Kier alpha value is -3.94. The molecule has 0 spiro atoms. The van der Waals surface area contributed by atoms with Crippen molar-refractivity contribution in [1.82, 2.24) is 9.72 Å². The van der Waals surface area contributed by atoms with Crippen molar-refractivity contribution in [2.75, 3.05) is 32.1 Å². The SMILES string of the molecule is C=C(F)/C(F)=C(\C=C/C)CN=c1ccn(Cc2cc(-c3ccc(OCCC)cc3)no2)cc1N(C)C. The van der Waals surface area contributed by atoms with Gasteiger partial charge in [0.1, 0.15) is 11.4 Å². The number of aromatic nitrogens is 2. The minimum Gasteiger partial charge on any atom is -0.494 e. The van der Waals surface area contributed by atoms with Gasteiger partial charge in [-0.15, -0.1) is 0 Å². The first-order valence-electron chi connectivity index (χ1n) is 11.7.